The number of nitrogens with one attached hydrogen (secondary N) is 1. The van der Waals surface area contributed by atoms with Crippen molar-refractivity contribution in [3.8, 4) is 0 Å². The summed E-state index contributed by atoms with van der Waals surface area (Å²) in [4.78, 5) is 6.91. The molecule has 92 valence electrons. The average Bonchev–Trinajstić information content (AvgIpc) is 3.17. The van der Waals surface area contributed by atoms with Gasteiger partial charge in [-0.2, -0.15) is 0 Å². The first-order valence-electron chi connectivity index (χ1n) is 6.34. The van der Waals surface area contributed by atoms with Gasteiger partial charge in [0.1, 0.15) is 5.82 Å². The monoisotopic (exact) mass is 295 g/mol. The minimum atomic E-state index is 0.711. The van der Waals surface area contributed by atoms with Crippen LogP contribution in [0.25, 0.3) is 0 Å². The maximum absolute atomic E-state index is 4.58. The van der Waals surface area contributed by atoms with Gasteiger partial charge >= 0.3 is 0 Å². The quantitative estimate of drug-likeness (QED) is 0.905. The number of rotatable bonds is 5. The zero-order chi connectivity index (χ0) is 11.8. The molecular weight excluding hydrogens is 278 g/mol. The van der Waals surface area contributed by atoms with Gasteiger partial charge in [0, 0.05) is 41.9 Å². The molecule has 0 spiro atoms. The molecule has 0 aliphatic heterocycles. The van der Waals surface area contributed by atoms with Crippen LogP contribution < -0.4 is 10.2 Å². The Morgan fingerprint density at radius 1 is 1.41 bits per heavy atom. The van der Waals surface area contributed by atoms with Gasteiger partial charge in [0.2, 0.25) is 0 Å². The average molecular weight is 296 g/mol. The lowest BCUT2D eigenvalue weighted by Gasteiger charge is -2.21. The summed E-state index contributed by atoms with van der Waals surface area (Å²) in [6, 6.07) is 3.65. The van der Waals surface area contributed by atoms with Crippen LogP contribution in [0.1, 0.15) is 31.2 Å². The fourth-order valence-electron chi connectivity index (χ4n) is 2.10. The van der Waals surface area contributed by atoms with Gasteiger partial charge in [-0.15, -0.1) is 0 Å². The van der Waals surface area contributed by atoms with E-state index >= 15 is 0 Å². The number of anilines is 1. The fourth-order valence-corrected chi connectivity index (χ4v) is 2.48. The summed E-state index contributed by atoms with van der Waals surface area (Å²) in [5.74, 6) is 1.14. The molecule has 2 saturated carbocycles. The lowest BCUT2D eigenvalue weighted by Crippen LogP contribution is -2.24. The molecule has 0 bridgehead atoms. The Hall–Kier alpha value is -0.610. The molecule has 0 aromatic carbocycles. The SMILES string of the molecule is CN(c1ncc(Br)cc1CNC1CC1)C1CC1. The van der Waals surface area contributed by atoms with E-state index in [0.29, 0.717) is 6.04 Å². The zero-order valence-corrected chi connectivity index (χ0v) is 11.7. The molecule has 3 nitrogen and oxygen atoms in total. The minimum absolute atomic E-state index is 0.711. The molecule has 0 radical (unpaired) electrons. The maximum atomic E-state index is 4.58. The van der Waals surface area contributed by atoms with Crippen LogP contribution in [0.4, 0.5) is 5.82 Å². The van der Waals surface area contributed by atoms with Crippen LogP contribution in [-0.4, -0.2) is 24.1 Å². The molecular formula is C13H18BrN3. The first-order chi connectivity index (χ1) is 8.24. The van der Waals surface area contributed by atoms with E-state index in [0.717, 1.165) is 22.9 Å². The Labute approximate surface area is 111 Å². The maximum Gasteiger partial charge on any atom is 0.133 e. The van der Waals surface area contributed by atoms with Gasteiger partial charge in [0.25, 0.3) is 0 Å². The number of aromatic nitrogens is 1. The lowest BCUT2D eigenvalue weighted by molar-refractivity contribution is 0.682. The van der Waals surface area contributed by atoms with Crippen LogP contribution in [-0.2, 0) is 6.54 Å². The van der Waals surface area contributed by atoms with Gasteiger partial charge < -0.3 is 10.2 Å². The summed E-state index contributed by atoms with van der Waals surface area (Å²) < 4.78 is 1.07. The molecule has 17 heavy (non-hydrogen) atoms. The van der Waals surface area contributed by atoms with Gasteiger partial charge in [-0.3, -0.25) is 0 Å². The van der Waals surface area contributed by atoms with E-state index in [9.17, 15) is 0 Å². The van der Waals surface area contributed by atoms with E-state index in [1.54, 1.807) is 0 Å². The predicted octanol–water partition coefficient (Wildman–Crippen LogP) is 2.69. The van der Waals surface area contributed by atoms with Gasteiger partial charge in [-0.05, 0) is 47.7 Å². The molecule has 1 heterocycles. The second-order valence-corrected chi connectivity index (χ2v) is 6.05. The van der Waals surface area contributed by atoms with Crippen LogP contribution in [0.15, 0.2) is 16.7 Å². The molecule has 0 atom stereocenters. The first-order valence-corrected chi connectivity index (χ1v) is 7.14. The molecule has 0 unspecified atom stereocenters. The van der Waals surface area contributed by atoms with Gasteiger partial charge in [-0.25, -0.2) is 4.98 Å². The van der Waals surface area contributed by atoms with E-state index in [-0.39, 0.29) is 0 Å². The van der Waals surface area contributed by atoms with Crippen LogP contribution >= 0.6 is 15.9 Å². The van der Waals surface area contributed by atoms with Crippen molar-refractivity contribution in [3.63, 3.8) is 0 Å². The molecule has 0 amide bonds. The standard InChI is InChI=1S/C13H18BrN3/c1-17(12-4-5-12)13-9(6-10(14)8-16-13)7-15-11-2-3-11/h6,8,11-12,15H,2-5,7H2,1H3. The van der Waals surface area contributed by atoms with Crippen molar-refractivity contribution >= 4 is 21.7 Å². The van der Waals surface area contributed by atoms with Crippen LogP contribution in [0, 0.1) is 0 Å². The van der Waals surface area contributed by atoms with Gasteiger partial charge in [0.05, 0.1) is 0 Å². The smallest absolute Gasteiger partial charge is 0.133 e. The highest BCUT2D eigenvalue weighted by atomic mass is 79.9. The second-order valence-electron chi connectivity index (χ2n) is 5.13. The number of hydrogen-bond acceptors (Lipinski definition) is 3. The molecule has 1 N–H and O–H groups in total. The van der Waals surface area contributed by atoms with E-state index in [2.05, 4.69) is 44.2 Å². The van der Waals surface area contributed by atoms with Crippen molar-refractivity contribution in [2.24, 2.45) is 0 Å². The molecule has 3 rings (SSSR count). The Kier molecular flexibility index (Phi) is 3.09. The van der Waals surface area contributed by atoms with Crippen LogP contribution in [0.5, 0.6) is 0 Å². The van der Waals surface area contributed by atoms with E-state index in [4.69, 9.17) is 0 Å². The first kappa shape index (κ1) is 11.5. The number of nitrogens with zero attached hydrogens (tertiary/aromatic N) is 2. The number of pyridine rings is 1. The third kappa shape index (κ3) is 2.80. The largest absolute Gasteiger partial charge is 0.356 e. The van der Waals surface area contributed by atoms with Crippen molar-refractivity contribution in [2.45, 2.75) is 44.3 Å². The molecule has 1 aromatic heterocycles. The van der Waals surface area contributed by atoms with Gasteiger partial charge in [-0.1, -0.05) is 0 Å². The van der Waals surface area contributed by atoms with Crippen molar-refractivity contribution in [1.82, 2.24) is 10.3 Å². The molecule has 2 fully saturated rings. The molecule has 2 aliphatic rings. The van der Waals surface area contributed by atoms with Crippen molar-refractivity contribution < 1.29 is 0 Å². The normalized spacial score (nSPS) is 19.4. The zero-order valence-electron chi connectivity index (χ0n) is 10.1. The molecule has 4 heteroatoms. The summed E-state index contributed by atoms with van der Waals surface area (Å²) in [7, 11) is 2.16. The third-order valence-corrected chi connectivity index (χ3v) is 3.93. The highest BCUT2D eigenvalue weighted by Gasteiger charge is 2.29. The predicted molar refractivity (Wildman–Crippen MR) is 73.2 cm³/mol. The fraction of sp³-hybridized carbons (Fsp3) is 0.615. The Bertz CT molecular complexity index is 413. The Morgan fingerprint density at radius 2 is 2.18 bits per heavy atom. The Morgan fingerprint density at radius 3 is 2.82 bits per heavy atom. The van der Waals surface area contributed by atoms with E-state index < -0.39 is 0 Å². The minimum Gasteiger partial charge on any atom is -0.356 e. The van der Waals surface area contributed by atoms with E-state index in [1.807, 2.05) is 6.20 Å². The molecule has 1 aromatic rings. The summed E-state index contributed by atoms with van der Waals surface area (Å²) in [6.45, 7) is 0.934. The Balaban J connectivity index is 1.78. The van der Waals surface area contributed by atoms with Crippen LogP contribution in [0.3, 0.4) is 0 Å². The second kappa shape index (κ2) is 4.58. The third-order valence-electron chi connectivity index (χ3n) is 3.50. The highest BCUT2D eigenvalue weighted by Crippen LogP contribution is 2.32. The summed E-state index contributed by atoms with van der Waals surface area (Å²) in [5.41, 5.74) is 1.31. The van der Waals surface area contributed by atoms with E-state index in [1.165, 1.54) is 31.2 Å². The van der Waals surface area contributed by atoms with Crippen molar-refractivity contribution in [2.75, 3.05) is 11.9 Å². The number of halogens is 1. The summed E-state index contributed by atoms with van der Waals surface area (Å²) in [5, 5.41) is 3.57. The number of hydrogen-bond donors (Lipinski definition) is 1. The lowest BCUT2D eigenvalue weighted by atomic mass is 10.2. The topological polar surface area (TPSA) is 28.2 Å². The van der Waals surface area contributed by atoms with Crippen molar-refractivity contribution in [1.29, 1.82) is 0 Å². The van der Waals surface area contributed by atoms with Gasteiger partial charge in [0.15, 0.2) is 0 Å². The highest BCUT2D eigenvalue weighted by molar-refractivity contribution is 9.10. The summed E-state index contributed by atoms with van der Waals surface area (Å²) >= 11 is 3.51. The molecule has 0 saturated heterocycles. The van der Waals surface area contributed by atoms with Crippen molar-refractivity contribution in [3.05, 3.63) is 22.3 Å². The van der Waals surface area contributed by atoms with Crippen LogP contribution in [0.2, 0.25) is 0 Å². The molecule has 2 aliphatic carbocycles. The summed E-state index contributed by atoms with van der Waals surface area (Å²) in [6.07, 6.45) is 7.17.